The van der Waals surface area contributed by atoms with Crippen LogP contribution in [0.15, 0.2) is 28.9 Å². The molecule has 0 aliphatic rings. The molecule has 0 aliphatic heterocycles. The largest absolute Gasteiger partial charge is 0.383 e. The molecule has 1 heterocycles. The van der Waals surface area contributed by atoms with Gasteiger partial charge in [-0.05, 0) is 24.1 Å². The van der Waals surface area contributed by atoms with E-state index in [1.54, 1.807) is 13.3 Å². The molecule has 0 bridgehead atoms. The number of nitrogens with two attached hydrogens (primary N) is 1. The van der Waals surface area contributed by atoms with Crippen molar-refractivity contribution >= 4 is 27.5 Å². The van der Waals surface area contributed by atoms with Crippen LogP contribution >= 0.6 is 27.5 Å². The zero-order valence-electron chi connectivity index (χ0n) is 11.9. The fourth-order valence-corrected chi connectivity index (χ4v) is 2.90. The van der Waals surface area contributed by atoms with Gasteiger partial charge in [0, 0.05) is 11.6 Å². The van der Waals surface area contributed by atoms with Crippen LogP contribution in [-0.2, 0) is 11.3 Å². The van der Waals surface area contributed by atoms with Gasteiger partial charge in [0.15, 0.2) is 0 Å². The lowest BCUT2D eigenvalue weighted by Gasteiger charge is -2.21. The zero-order valence-corrected chi connectivity index (χ0v) is 14.3. The third kappa shape index (κ3) is 3.46. The second kappa shape index (κ2) is 7.38. The fraction of sp³-hybridized carbons (Fsp3) is 0.357. The highest BCUT2D eigenvalue weighted by molar-refractivity contribution is 9.10. The summed E-state index contributed by atoms with van der Waals surface area (Å²) in [5.41, 5.74) is 5.83. The van der Waals surface area contributed by atoms with Gasteiger partial charge in [-0.15, -0.1) is 0 Å². The Hall–Kier alpha value is -0.920. The monoisotopic (exact) mass is 372 g/mol. The van der Waals surface area contributed by atoms with Crippen LogP contribution in [0.5, 0.6) is 0 Å². The van der Waals surface area contributed by atoms with Gasteiger partial charge in [0.25, 0.3) is 0 Å². The number of ether oxygens (including phenoxy) is 1. The Bertz CT molecular complexity index is 617. The Kier molecular flexibility index (Phi) is 5.78. The van der Waals surface area contributed by atoms with Crippen LogP contribution in [0.2, 0.25) is 5.02 Å². The van der Waals surface area contributed by atoms with E-state index in [-0.39, 0.29) is 6.04 Å². The molecule has 0 aliphatic carbocycles. The molecule has 1 unspecified atom stereocenters. The molecular weight excluding hydrogens is 356 g/mol. The average molecular weight is 374 g/mol. The molecule has 5 nitrogen and oxygen atoms in total. The van der Waals surface area contributed by atoms with Gasteiger partial charge in [-0.3, -0.25) is 10.5 Å². The molecule has 1 aromatic heterocycles. The Labute approximate surface area is 137 Å². The van der Waals surface area contributed by atoms with Crippen molar-refractivity contribution in [1.29, 1.82) is 0 Å². The van der Waals surface area contributed by atoms with Crippen LogP contribution in [0.4, 0.5) is 0 Å². The molecule has 0 amide bonds. The summed E-state index contributed by atoms with van der Waals surface area (Å²) < 4.78 is 7.95. The van der Waals surface area contributed by atoms with Crippen molar-refractivity contribution < 1.29 is 4.74 Å². The van der Waals surface area contributed by atoms with Crippen molar-refractivity contribution in [2.45, 2.75) is 19.5 Å². The van der Waals surface area contributed by atoms with Gasteiger partial charge >= 0.3 is 0 Å². The number of aromatic nitrogens is 2. The number of methoxy groups -OCH3 is 1. The van der Waals surface area contributed by atoms with Crippen LogP contribution in [0, 0.1) is 6.92 Å². The Morgan fingerprint density at radius 3 is 2.95 bits per heavy atom. The number of nitrogens with one attached hydrogen (secondary N) is 1. The molecule has 3 N–H and O–H groups in total. The van der Waals surface area contributed by atoms with Crippen molar-refractivity contribution in [2.24, 2.45) is 5.84 Å². The van der Waals surface area contributed by atoms with Crippen molar-refractivity contribution in [3.63, 3.8) is 0 Å². The highest BCUT2D eigenvalue weighted by Gasteiger charge is 2.23. The molecule has 1 atom stereocenters. The molecule has 0 saturated carbocycles. The number of benzene rings is 1. The quantitative estimate of drug-likeness (QED) is 0.604. The van der Waals surface area contributed by atoms with E-state index in [0.29, 0.717) is 18.2 Å². The van der Waals surface area contributed by atoms with E-state index in [0.717, 1.165) is 21.3 Å². The second-order valence-electron chi connectivity index (χ2n) is 4.65. The summed E-state index contributed by atoms with van der Waals surface area (Å²) in [5, 5.41) is 4.87. The minimum atomic E-state index is -0.241. The summed E-state index contributed by atoms with van der Waals surface area (Å²) in [6.07, 6.45) is 1.63. The first-order chi connectivity index (χ1) is 10.1. The zero-order chi connectivity index (χ0) is 15.4. The number of hydrazine groups is 1. The van der Waals surface area contributed by atoms with Crippen molar-refractivity contribution in [3.8, 4) is 0 Å². The minimum absolute atomic E-state index is 0.241. The minimum Gasteiger partial charge on any atom is -0.383 e. The van der Waals surface area contributed by atoms with Gasteiger partial charge in [-0.25, -0.2) is 5.43 Å². The summed E-state index contributed by atoms with van der Waals surface area (Å²) in [7, 11) is 1.65. The number of halogens is 2. The maximum Gasteiger partial charge on any atom is 0.0896 e. The lowest BCUT2D eigenvalue weighted by atomic mass is 9.99. The van der Waals surface area contributed by atoms with Crippen LogP contribution in [0.25, 0.3) is 0 Å². The van der Waals surface area contributed by atoms with Crippen molar-refractivity contribution in [2.75, 3.05) is 13.7 Å². The number of hydrogen-bond donors (Lipinski definition) is 2. The lowest BCUT2D eigenvalue weighted by Crippen LogP contribution is -2.32. The van der Waals surface area contributed by atoms with Gasteiger partial charge in [0.05, 0.1) is 36.1 Å². The van der Waals surface area contributed by atoms with E-state index in [1.807, 2.05) is 29.8 Å². The van der Waals surface area contributed by atoms with E-state index < -0.39 is 0 Å². The lowest BCUT2D eigenvalue weighted by molar-refractivity contribution is 0.182. The van der Waals surface area contributed by atoms with E-state index in [9.17, 15) is 0 Å². The first-order valence-corrected chi connectivity index (χ1v) is 7.68. The van der Waals surface area contributed by atoms with Gasteiger partial charge in [-0.2, -0.15) is 5.10 Å². The number of nitrogens with zero attached hydrogens (tertiary/aromatic N) is 2. The molecule has 1 aromatic carbocycles. The van der Waals surface area contributed by atoms with Gasteiger partial charge < -0.3 is 4.74 Å². The van der Waals surface area contributed by atoms with Crippen LogP contribution in [0.1, 0.15) is 22.9 Å². The Morgan fingerprint density at radius 1 is 1.52 bits per heavy atom. The molecule has 0 spiro atoms. The third-order valence-corrected chi connectivity index (χ3v) is 4.55. The SMILES string of the molecule is COCCn1ncc(Cl)c1C(NN)c1cccc(Br)c1C. The maximum atomic E-state index is 6.31. The smallest absolute Gasteiger partial charge is 0.0896 e. The first-order valence-electron chi connectivity index (χ1n) is 6.51. The highest BCUT2D eigenvalue weighted by Crippen LogP contribution is 2.32. The van der Waals surface area contributed by atoms with E-state index in [1.165, 1.54) is 0 Å². The molecule has 7 heteroatoms. The maximum absolute atomic E-state index is 6.31. The van der Waals surface area contributed by atoms with E-state index in [4.69, 9.17) is 22.2 Å². The molecule has 114 valence electrons. The van der Waals surface area contributed by atoms with E-state index in [2.05, 4.69) is 26.5 Å². The standard InChI is InChI=1S/C14H18BrClN4O/c1-9-10(4-3-5-11(9)15)13(19-17)14-12(16)8-18-20(14)6-7-21-2/h3-5,8,13,19H,6-7,17H2,1-2H3. The predicted molar refractivity (Wildman–Crippen MR) is 87.2 cm³/mol. The summed E-state index contributed by atoms with van der Waals surface area (Å²) in [5.74, 6) is 5.79. The third-order valence-electron chi connectivity index (χ3n) is 3.40. The number of hydrogen-bond acceptors (Lipinski definition) is 4. The molecule has 2 aromatic rings. The Balaban J connectivity index is 2.46. The van der Waals surface area contributed by atoms with Gasteiger partial charge in [0.1, 0.15) is 0 Å². The fourth-order valence-electron chi connectivity index (χ4n) is 2.27. The molecule has 2 rings (SSSR count). The highest BCUT2D eigenvalue weighted by atomic mass is 79.9. The summed E-state index contributed by atoms with van der Waals surface area (Å²) in [6, 6.07) is 5.75. The normalized spacial score (nSPS) is 12.6. The molecular formula is C14H18BrClN4O. The summed E-state index contributed by atoms with van der Waals surface area (Å²) in [4.78, 5) is 0. The van der Waals surface area contributed by atoms with Crippen LogP contribution in [-0.4, -0.2) is 23.5 Å². The van der Waals surface area contributed by atoms with Crippen LogP contribution < -0.4 is 11.3 Å². The van der Waals surface area contributed by atoms with Gasteiger partial charge in [-0.1, -0.05) is 39.7 Å². The number of rotatable bonds is 6. The van der Waals surface area contributed by atoms with Crippen molar-refractivity contribution in [3.05, 3.63) is 50.7 Å². The second-order valence-corrected chi connectivity index (χ2v) is 5.91. The predicted octanol–water partition coefficient (Wildman–Crippen LogP) is 2.81. The molecule has 0 radical (unpaired) electrons. The van der Waals surface area contributed by atoms with Crippen molar-refractivity contribution in [1.82, 2.24) is 15.2 Å². The molecule has 0 saturated heterocycles. The summed E-state index contributed by atoms with van der Waals surface area (Å²) in [6.45, 7) is 3.21. The molecule has 21 heavy (non-hydrogen) atoms. The average Bonchev–Trinajstić information content (AvgIpc) is 2.83. The molecule has 0 fully saturated rings. The topological polar surface area (TPSA) is 65.1 Å². The Morgan fingerprint density at radius 2 is 2.29 bits per heavy atom. The summed E-state index contributed by atoms with van der Waals surface area (Å²) >= 11 is 9.85. The van der Waals surface area contributed by atoms with Gasteiger partial charge in [0.2, 0.25) is 0 Å². The first kappa shape index (κ1) is 16.5. The van der Waals surface area contributed by atoms with E-state index >= 15 is 0 Å². The van der Waals surface area contributed by atoms with Crippen LogP contribution in [0.3, 0.4) is 0 Å².